The number of H-pyrrole nitrogens is 1. The lowest BCUT2D eigenvalue weighted by Gasteiger charge is -2.14. The van der Waals surface area contributed by atoms with E-state index in [1.54, 1.807) is 0 Å². The van der Waals surface area contributed by atoms with E-state index in [2.05, 4.69) is 9.97 Å². The highest BCUT2D eigenvalue weighted by atomic mass is 19.1. The SMILES string of the molecule is O=c1[nH]c2nccc(F)c2cc1[C@@H]1O[C@H](CO)C(O)[C@@H]1O. The Morgan fingerprint density at radius 1 is 1.38 bits per heavy atom. The van der Waals surface area contributed by atoms with E-state index in [1.807, 2.05) is 0 Å². The van der Waals surface area contributed by atoms with Gasteiger partial charge >= 0.3 is 0 Å². The topological polar surface area (TPSA) is 116 Å². The van der Waals surface area contributed by atoms with Crippen molar-refractivity contribution in [1.82, 2.24) is 9.97 Å². The fourth-order valence-corrected chi connectivity index (χ4v) is 2.46. The molecule has 1 aliphatic rings. The van der Waals surface area contributed by atoms with Crippen LogP contribution in [0.3, 0.4) is 0 Å². The molecule has 1 unspecified atom stereocenters. The molecule has 4 N–H and O–H groups in total. The molecule has 3 heterocycles. The van der Waals surface area contributed by atoms with E-state index in [4.69, 9.17) is 9.84 Å². The Morgan fingerprint density at radius 2 is 2.14 bits per heavy atom. The summed E-state index contributed by atoms with van der Waals surface area (Å²) in [4.78, 5) is 18.3. The average Bonchev–Trinajstić information content (AvgIpc) is 2.75. The van der Waals surface area contributed by atoms with Crippen molar-refractivity contribution < 1.29 is 24.4 Å². The van der Waals surface area contributed by atoms with Crippen LogP contribution in [-0.4, -0.2) is 50.2 Å². The van der Waals surface area contributed by atoms with Gasteiger partial charge in [0.1, 0.15) is 35.9 Å². The number of hydrogen-bond donors (Lipinski definition) is 4. The summed E-state index contributed by atoms with van der Waals surface area (Å²) in [6.07, 6.45) is -3.64. The van der Waals surface area contributed by atoms with Gasteiger partial charge in [-0.3, -0.25) is 4.79 Å². The second kappa shape index (κ2) is 5.15. The fourth-order valence-electron chi connectivity index (χ4n) is 2.46. The zero-order valence-electron chi connectivity index (χ0n) is 10.7. The normalized spacial score (nSPS) is 29.1. The van der Waals surface area contributed by atoms with Crippen LogP contribution in [0, 0.1) is 5.82 Å². The number of hydrogen-bond acceptors (Lipinski definition) is 6. The maximum Gasteiger partial charge on any atom is 0.255 e. The van der Waals surface area contributed by atoms with Gasteiger partial charge in [0.25, 0.3) is 5.56 Å². The largest absolute Gasteiger partial charge is 0.394 e. The zero-order chi connectivity index (χ0) is 15.1. The summed E-state index contributed by atoms with van der Waals surface area (Å²) in [7, 11) is 0. The van der Waals surface area contributed by atoms with Gasteiger partial charge in [-0.05, 0) is 12.1 Å². The molecule has 112 valence electrons. The minimum absolute atomic E-state index is 0.0306. The van der Waals surface area contributed by atoms with Crippen LogP contribution >= 0.6 is 0 Å². The first-order valence-corrected chi connectivity index (χ1v) is 6.33. The summed E-state index contributed by atoms with van der Waals surface area (Å²) in [6.45, 7) is -0.504. The van der Waals surface area contributed by atoms with Crippen LogP contribution < -0.4 is 5.56 Å². The number of rotatable bonds is 2. The summed E-state index contributed by atoms with van der Waals surface area (Å²) in [5.41, 5.74) is -0.553. The van der Waals surface area contributed by atoms with Crippen LogP contribution in [0.5, 0.6) is 0 Å². The van der Waals surface area contributed by atoms with Crippen molar-refractivity contribution >= 4 is 11.0 Å². The smallest absolute Gasteiger partial charge is 0.255 e. The molecule has 0 amide bonds. The number of aromatic nitrogens is 2. The maximum absolute atomic E-state index is 13.7. The Kier molecular flexibility index (Phi) is 3.46. The second-order valence-electron chi connectivity index (χ2n) is 4.87. The third-order valence-corrected chi connectivity index (χ3v) is 3.58. The molecule has 3 rings (SSSR count). The van der Waals surface area contributed by atoms with Crippen LogP contribution in [0.4, 0.5) is 4.39 Å². The summed E-state index contributed by atoms with van der Waals surface area (Å²) in [5.74, 6) is -0.579. The molecule has 0 radical (unpaired) electrons. The molecule has 1 fully saturated rings. The number of halogens is 1. The van der Waals surface area contributed by atoms with Gasteiger partial charge in [-0.1, -0.05) is 0 Å². The molecule has 2 aromatic rings. The van der Waals surface area contributed by atoms with Gasteiger partial charge in [0.15, 0.2) is 0 Å². The highest BCUT2D eigenvalue weighted by Gasteiger charge is 2.44. The number of pyridine rings is 2. The number of fused-ring (bicyclic) bond motifs is 1. The van der Waals surface area contributed by atoms with Crippen molar-refractivity contribution in [3.8, 4) is 0 Å². The number of ether oxygens (including phenoxy) is 1. The molecule has 1 saturated heterocycles. The fraction of sp³-hybridized carbons (Fsp3) is 0.385. The molecule has 0 aromatic carbocycles. The summed E-state index contributed by atoms with van der Waals surface area (Å²) in [6, 6.07) is 2.37. The number of nitrogens with one attached hydrogen (secondary N) is 1. The van der Waals surface area contributed by atoms with Crippen LogP contribution in [0.1, 0.15) is 11.7 Å². The van der Waals surface area contributed by atoms with Crippen LogP contribution in [0.2, 0.25) is 0 Å². The van der Waals surface area contributed by atoms with Gasteiger partial charge < -0.3 is 25.0 Å². The molecule has 7 nitrogen and oxygen atoms in total. The molecular formula is C13H13FN2O5. The zero-order valence-corrected chi connectivity index (χ0v) is 10.7. The number of nitrogens with zero attached hydrogens (tertiary/aromatic N) is 1. The maximum atomic E-state index is 13.7. The minimum Gasteiger partial charge on any atom is -0.394 e. The lowest BCUT2D eigenvalue weighted by Crippen LogP contribution is -2.33. The molecule has 0 bridgehead atoms. The molecule has 0 spiro atoms. The van der Waals surface area contributed by atoms with E-state index < -0.39 is 42.4 Å². The Morgan fingerprint density at radius 3 is 2.81 bits per heavy atom. The van der Waals surface area contributed by atoms with E-state index >= 15 is 0 Å². The van der Waals surface area contributed by atoms with Crippen molar-refractivity contribution in [3.63, 3.8) is 0 Å². The Hall–Kier alpha value is -1.87. The van der Waals surface area contributed by atoms with Gasteiger partial charge in [0.05, 0.1) is 12.0 Å². The predicted molar refractivity (Wildman–Crippen MR) is 69.0 cm³/mol. The van der Waals surface area contributed by atoms with E-state index in [9.17, 15) is 19.4 Å². The lowest BCUT2D eigenvalue weighted by molar-refractivity contribution is -0.0231. The van der Waals surface area contributed by atoms with E-state index in [0.29, 0.717) is 0 Å². The molecule has 8 heteroatoms. The number of aliphatic hydroxyl groups is 3. The van der Waals surface area contributed by atoms with Crippen molar-refractivity contribution in [2.75, 3.05) is 6.61 Å². The first kappa shape index (κ1) is 14.1. The van der Waals surface area contributed by atoms with Gasteiger partial charge in [-0.15, -0.1) is 0 Å². The molecule has 4 atom stereocenters. The van der Waals surface area contributed by atoms with Crippen LogP contribution in [0.15, 0.2) is 23.1 Å². The van der Waals surface area contributed by atoms with Gasteiger partial charge in [0, 0.05) is 11.8 Å². The quantitative estimate of drug-likeness (QED) is 0.577. The Labute approximate surface area is 117 Å². The highest BCUT2D eigenvalue weighted by Crippen LogP contribution is 2.32. The Balaban J connectivity index is 2.11. The first-order valence-electron chi connectivity index (χ1n) is 6.33. The van der Waals surface area contributed by atoms with Crippen LogP contribution in [0.25, 0.3) is 11.0 Å². The molecule has 0 aliphatic carbocycles. The highest BCUT2D eigenvalue weighted by molar-refractivity contribution is 5.75. The third-order valence-electron chi connectivity index (χ3n) is 3.58. The molecule has 1 aliphatic heterocycles. The number of aliphatic hydroxyl groups excluding tert-OH is 3. The van der Waals surface area contributed by atoms with Gasteiger partial charge in [0.2, 0.25) is 0 Å². The predicted octanol–water partition coefficient (Wildman–Crippen LogP) is -0.784. The lowest BCUT2D eigenvalue weighted by atomic mass is 10.0. The monoisotopic (exact) mass is 296 g/mol. The van der Waals surface area contributed by atoms with Gasteiger partial charge in [-0.25, -0.2) is 9.37 Å². The molecule has 0 saturated carbocycles. The standard InChI is InChI=1S/C13H13FN2O5/c14-7-1-2-15-12-5(7)3-6(13(20)16-12)11-10(19)9(18)8(4-17)21-11/h1-3,8-11,17-19H,4H2,(H,15,16,20)/t8-,9?,10+,11+/m1/s1. The van der Waals surface area contributed by atoms with E-state index in [0.717, 1.165) is 6.07 Å². The van der Waals surface area contributed by atoms with E-state index in [-0.39, 0.29) is 16.6 Å². The summed E-state index contributed by atoms with van der Waals surface area (Å²) < 4.78 is 19.0. The van der Waals surface area contributed by atoms with E-state index in [1.165, 1.54) is 12.3 Å². The summed E-state index contributed by atoms with van der Waals surface area (Å²) >= 11 is 0. The first-order chi connectivity index (χ1) is 10.0. The average molecular weight is 296 g/mol. The molecular weight excluding hydrogens is 283 g/mol. The van der Waals surface area contributed by atoms with Crippen molar-refractivity contribution in [2.45, 2.75) is 24.4 Å². The Bertz CT molecular complexity index is 734. The minimum atomic E-state index is -1.39. The van der Waals surface area contributed by atoms with Crippen molar-refractivity contribution in [1.29, 1.82) is 0 Å². The van der Waals surface area contributed by atoms with Crippen molar-refractivity contribution in [2.24, 2.45) is 0 Å². The second-order valence-corrected chi connectivity index (χ2v) is 4.87. The molecule has 21 heavy (non-hydrogen) atoms. The number of aromatic amines is 1. The van der Waals surface area contributed by atoms with Gasteiger partial charge in [-0.2, -0.15) is 0 Å². The summed E-state index contributed by atoms with van der Waals surface area (Å²) in [5, 5.41) is 28.8. The van der Waals surface area contributed by atoms with Crippen LogP contribution in [-0.2, 0) is 4.74 Å². The van der Waals surface area contributed by atoms with Crippen molar-refractivity contribution in [3.05, 3.63) is 40.1 Å². The molecule has 2 aromatic heterocycles. The third kappa shape index (κ3) is 2.22.